The van der Waals surface area contributed by atoms with Gasteiger partial charge < -0.3 is 14.8 Å². The number of hydrogen-bond donors (Lipinski definition) is 1. The number of ether oxygens (including phenoxy) is 2. The standard InChI is InChI=1S/C14H27NO3/c1-4-10-15-14(13(16)18-5-2)9-6-7-12(14)8-11-17-3/h12,15H,4-11H2,1-3H3. The first-order valence-corrected chi connectivity index (χ1v) is 7.12. The summed E-state index contributed by atoms with van der Waals surface area (Å²) in [6, 6.07) is 0. The van der Waals surface area contributed by atoms with Gasteiger partial charge in [0.05, 0.1) is 6.61 Å². The van der Waals surface area contributed by atoms with Gasteiger partial charge in [-0.2, -0.15) is 0 Å². The summed E-state index contributed by atoms with van der Waals surface area (Å²) in [7, 11) is 1.71. The monoisotopic (exact) mass is 257 g/mol. The number of rotatable bonds is 8. The van der Waals surface area contributed by atoms with Crippen LogP contribution < -0.4 is 5.32 Å². The molecule has 0 aliphatic heterocycles. The van der Waals surface area contributed by atoms with E-state index in [0.717, 1.165) is 38.6 Å². The minimum absolute atomic E-state index is 0.0722. The molecule has 4 heteroatoms. The Bertz CT molecular complexity index is 257. The van der Waals surface area contributed by atoms with E-state index in [1.54, 1.807) is 7.11 Å². The molecule has 0 aromatic heterocycles. The van der Waals surface area contributed by atoms with Crippen molar-refractivity contribution in [3.8, 4) is 0 Å². The largest absolute Gasteiger partial charge is 0.465 e. The number of hydrogen-bond acceptors (Lipinski definition) is 4. The van der Waals surface area contributed by atoms with Gasteiger partial charge in [-0.25, -0.2) is 0 Å². The van der Waals surface area contributed by atoms with Gasteiger partial charge in [0.15, 0.2) is 0 Å². The molecule has 0 amide bonds. The fourth-order valence-electron chi connectivity index (χ4n) is 2.91. The molecular weight excluding hydrogens is 230 g/mol. The third-order valence-corrected chi connectivity index (χ3v) is 3.82. The van der Waals surface area contributed by atoms with Gasteiger partial charge in [0.25, 0.3) is 0 Å². The van der Waals surface area contributed by atoms with Gasteiger partial charge in [-0.15, -0.1) is 0 Å². The summed E-state index contributed by atoms with van der Waals surface area (Å²) in [6.45, 7) is 6.00. The molecule has 18 heavy (non-hydrogen) atoms. The molecule has 0 heterocycles. The summed E-state index contributed by atoms with van der Waals surface area (Å²) in [5, 5.41) is 3.46. The first-order valence-electron chi connectivity index (χ1n) is 7.12. The van der Waals surface area contributed by atoms with Crippen molar-refractivity contribution in [2.45, 2.75) is 51.5 Å². The number of carbonyl (C=O) groups is 1. The molecule has 2 unspecified atom stereocenters. The molecule has 0 bridgehead atoms. The maximum Gasteiger partial charge on any atom is 0.326 e. The molecule has 1 N–H and O–H groups in total. The highest BCUT2D eigenvalue weighted by atomic mass is 16.5. The van der Waals surface area contributed by atoms with Gasteiger partial charge >= 0.3 is 5.97 Å². The number of esters is 1. The third-order valence-electron chi connectivity index (χ3n) is 3.82. The highest BCUT2D eigenvalue weighted by Crippen LogP contribution is 2.39. The van der Waals surface area contributed by atoms with Crippen LogP contribution in [-0.4, -0.2) is 38.4 Å². The first kappa shape index (κ1) is 15.4. The Kier molecular flexibility index (Phi) is 6.65. The fourth-order valence-corrected chi connectivity index (χ4v) is 2.91. The van der Waals surface area contributed by atoms with Crippen LogP contribution >= 0.6 is 0 Å². The van der Waals surface area contributed by atoms with Crippen molar-refractivity contribution in [3.63, 3.8) is 0 Å². The second-order valence-electron chi connectivity index (χ2n) is 4.99. The van der Waals surface area contributed by atoms with Gasteiger partial charge in [0, 0.05) is 13.7 Å². The minimum Gasteiger partial charge on any atom is -0.465 e. The van der Waals surface area contributed by atoms with Crippen LogP contribution in [0, 0.1) is 5.92 Å². The van der Waals surface area contributed by atoms with Crippen molar-refractivity contribution < 1.29 is 14.3 Å². The molecule has 0 spiro atoms. The zero-order valence-corrected chi connectivity index (χ0v) is 12.0. The van der Waals surface area contributed by atoms with Crippen molar-refractivity contribution in [2.75, 3.05) is 26.9 Å². The van der Waals surface area contributed by atoms with E-state index in [-0.39, 0.29) is 5.97 Å². The molecule has 106 valence electrons. The maximum absolute atomic E-state index is 12.3. The summed E-state index contributed by atoms with van der Waals surface area (Å²) in [4.78, 5) is 12.3. The lowest BCUT2D eigenvalue weighted by atomic mass is 9.84. The Labute approximate surface area is 110 Å². The summed E-state index contributed by atoms with van der Waals surface area (Å²) < 4.78 is 10.5. The van der Waals surface area contributed by atoms with Crippen LogP contribution in [0.3, 0.4) is 0 Å². The molecule has 0 aromatic rings. The molecule has 1 fully saturated rings. The maximum atomic E-state index is 12.3. The first-order chi connectivity index (χ1) is 8.71. The van der Waals surface area contributed by atoms with E-state index in [4.69, 9.17) is 9.47 Å². The van der Waals surface area contributed by atoms with E-state index >= 15 is 0 Å². The molecule has 0 saturated heterocycles. The zero-order chi connectivity index (χ0) is 13.4. The summed E-state index contributed by atoms with van der Waals surface area (Å²) in [5.74, 6) is 0.264. The van der Waals surface area contributed by atoms with Crippen LogP contribution in [0.25, 0.3) is 0 Å². The van der Waals surface area contributed by atoms with E-state index in [1.807, 2.05) is 6.92 Å². The van der Waals surface area contributed by atoms with Crippen LogP contribution in [0.15, 0.2) is 0 Å². The average Bonchev–Trinajstić information content (AvgIpc) is 2.78. The van der Waals surface area contributed by atoms with E-state index in [2.05, 4.69) is 12.2 Å². The molecular formula is C14H27NO3. The fraction of sp³-hybridized carbons (Fsp3) is 0.929. The number of carbonyl (C=O) groups excluding carboxylic acids is 1. The smallest absolute Gasteiger partial charge is 0.326 e. The highest BCUT2D eigenvalue weighted by molar-refractivity contribution is 5.81. The second-order valence-corrected chi connectivity index (χ2v) is 4.99. The molecule has 4 nitrogen and oxygen atoms in total. The van der Waals surface area contributed by atoms with Gasteiger partial charge in [-0.1, -0.05) is 13.3 Å². The Hall–Kier alpha value is -0.610. The Balaban J connectivity index is 2.76. The van der Waals surface area contributed by atoms with Crippen molar-refractivity contribution in [1.29, 1.82) is 0 Å². The van der Waals surface area contributed by atoms with E-state index in [9.17, 15) is 4.79 Å². The molecule has 1 aliphatic rings. The van der Waals surface area contributed by atoms with E-state index in [0.29, 0.717) is 19.1 Å². The van der Waals surface area contributed by atoms with Crippen molar-refractivity contribution >= 4 is 5.97 Å². The number of methoxy groups -OCH3 is 1. The summed E-state index contributed by atoms with van der Waals surface area (Å²) >= 11 is 0. The molecule has 2 atom stereocenters. The number of nitrogens with one attached hydrogen (secondary N) is 1. The summed E-state index contributed by atoms with van der Waals surface area (Å²) in [5.41, 5.74) is -0.468. The van der Waals surface area contributed by atoms with Crippen LogP contribution in [0.2, 0.25) is 0 Å². The molecule has 1 rings (SSSR count). The normalized spacial score (nSPS) is 27.4. The van der Waals surface area contributed by atoms with Crippen LogP contribution in [0.5, 0.6) is 0 Å². The highest BCUT2D eigenvalue weighted by Gasteiger charge is 2.49. The Morgan fingerprint density at radius 3 is 2.83 bits per heavy atom. The minimum atomic E-state index is -0.468. The van der Waals surface area contributed by atoms with Crippen LogP contribution in [-0.2, 0) is 14.3 Å². The molecule has 1 saturated carbocycles. The van der Waals surface area contributed by atoms with E-state index < -0.39 is 5.54 Å². The van der Waals surface area contributed by atoms with Crippen LogP contribution in [0.1, 0.15) is 46.0 Å². The lowest BCUT2D eigenvalue weighted by Gasteiger charge is -2.34. The van der Waals surface area contributed by atoms with Crippen molar-refractivity contribution in [3.05, 3.63) is 0 Å². The quantitative estimate of drug-likeness (QED) is 0.677. The average molecular weight is 257 g/mol. The third kappa shape index (κ3) is 3.45. The summed E-state index contributed by atoms with van der Waals surface area (Å²) in [6.07, 6.45) is 5.01. The van der Waals surface area contributed by atoms with E-state index in [1.165, 1.54) is 0 Å². The Morgan fingerprint density at radius 1 is 1.44 bits per heavy atom. The Morgan fingerprint density at radius 2 is 2.22 bits per heavy atom. The molecule has 0 aromatic carbocycles. The lowest BCUT2D eigenvalue weighted by Crippen LogP contribution is -2.56. The van der Waals surface area contributed by atoms with Gasteiger partial charge in [-0.3, -0.25) is 4.79 Å². The predicted octanol–water partition coefficient (Wildman–Crippen LogP) is 2.12. The van der Waals surface area contributed by atoms with Gasteiger partial charge in [0.1, 0.15) is 5.54 Å². The molecule has 1 aliphatic carbocycles. The second kappa shape index (κ2) is 7.74. The SMILES string of the molecule is CCCNC1(C(=O)OCC)CCCC1CCOC. The van der Waals surface area contributed by atoms with Crippen molar-refractivity contribution in [2.24, 2.45) is 5.92 Å². The zero-order valence-electron chi connectivity index (χ0n) is 12.0. The van der Waals surface area contributed by atoms with Gasteiger partial charge in [-0.05, 0) is 45.1 Å². The van der Waals surface area contributed by atoms with Crippen LogP contribution in [0.4, 0.5) is 0 Å². The van der Waals surface area contributed by atoms with Gasteiger partial charge in [0.2, 0.25) is 0 Å². The predicted molar refractivity (Wildman–Crippen MR) is 71.5 cm³/mol. The lowest BCUT2D eigenvalue weighted by molar-refractivity contribution is -0.153. The molecule has 0 radical (unpaired) electrons. The topological polar surface area (TPSA) is 47.6 Å². The van der Waals surface area contributed by atoms with Crippen molar-refractivity contribution in [1.82, 2.24) is 5.32 Å².